The zero-order valence-corrected chi connectivity index (χ0v) is 16.9. The number of hydrogen-bond acceptors (Lipinski definition) is 4. The van der Waals surface area contributed by atoms with Crippen LogP contribution in [-0.2, 0) is 0 Å². The molecule has 0 aliphatic carbocycles. The van der Waals surface area contributed by atoms with Crippen LogP contribution in [0.25, 0.3) is 11.3 Å². The number of benzene rings is 1. The Kier molecular flexibility index (Phi) is 5.41. The number of rotatable bonds is 6. The van der Waals surface area contributed by atoms with Gasteiger partial charge in [-0.05, 0) is 50.6 Å². The third kappa shape index (κ3) is 3.79. The Morgan fingerprint density at radius 2 is 1.86 bits per heavy atom. The van der Waals surface area contributed by atoms with Crippen molar-refractivity contribution in [1.82, 2.24) is 20.1 Å². The summed E-state index contributed by atoms with van der Waals surface area (Å²) in [4.78, 5) is 8.93. The highest BCUT2D eigenvalue weighted by atomic mass is 32.1. The Bertz CT molecular complexity index is 926. The van der Waals surface area contributed by atoms with Gasteiger partial charge in [0, 0.05) is 24.8 Å². The van der Waals surface area contributed by atoms with E-state index < -0.39 is 0 Å². The van der Waals surface area contributed by atoms with Gasteiger partial charge in [0.2, 0.25) is 0 Å². The molecule has 0 saturated carbocycles. The smallest absolute Gasteiger partial charge is 0.170 e. The highest BCUT2D eigenvalue weighted by molar-refractivity contribution is 7.80. The van der Waals surface area contributed by atoms with Crippen molar-refractivity contribution in [2.75, 3.05) is 27.2 Å². The molecule has 3 aromatic rings. The van der Waals surface area contributed by atoms with E-state index in [1.54, 1.807) is 0 Å². The molecule has 6 heteroatoms. The number of furan rings is 1. The van der Waals surface area contributed by atoms with E-state index in [-0.39, 0.29) is 12.1 Å². The third-order valence-electron chi connectivity index (χ3n) is 4.96. The fourth-order valence-corrected chi connectivity index (χ4v) is 3.86. The SMILES string of the molecule is CN(C)CCN1C(=S)N[C@H](c2ccccn2)[C@@H]1c1ccc(-c2ccccc2)o1. The molecular weight excluding hydrogens is 368 g/mol. The van der Waals surface area contributed by atoms with Crippen LogP contribution in [0.4, 0.5) is 0 Å². The van der Waals surface area contributed by atoms with Crippen molar-refractivity contribution < 1.29 is 4.42 Å². The first-order valence-electron chi connectivity index (χ1n) is 9.41. The van der Waals surface area contributed by atoms with Crippen LogP contribution in [0, 0.1) is 0 Å². The molecule has 2 atom stereocenters. The summed E-state index contributed by atoms with van der Waals surface area (Å²) < 4.78 is 6.31. The lowest BCUT2D eigenvalue weighted by Gasteiger charge is -2.27. The van der Waals surface area contributed by atoms with Gasteiger partial charge < -0.3 is 19.5 Å². The van der Waals surface area contributed by atoms with Gasteiger partial charge in [0.1, 0.15) is 17.6 Å². The molecule has 1 aliphatic heterocycles. The van der Waals surface area contributed by atoms with Gasteiger partial charge in [-0.1, -0.05) is 36.4 Å². The summed E-state index contributed by atoms with van der Waals surface area (Å²) in [6.45, 7) is 1.72. The van der Waals surface area contributed by atoms with E-state index in [9.17, 15) is 0 Å². The van der Waals surface area contributed by atoms with Crippen LogP contribution in [0.3, 0.4) is 0 Å². The molecule has 1 fully saturated rings. The van der Waals surface area contributed by atoms with Crippen LogP contribution in [-0.4, -0.2) is 47.1 Å². The van der Waals surface area contributed by atoms with Crippen LogP contribution in [0.1, 0.15) is 23.5 Å². The third-order valence-corrected chi connectivity index (χ3v) is 5.31. The van der Waals surface area contributed by atoms with E-state index in [2.05, 4.69) is 52.4 Å². The van der Waals surface area contributed by atoms with Crippen molar-refractivity contribution in [3.63, 3.8) is 0 Å². The van der Waals surface area contributed by atoms with Crippen LogP contribution in [0.15, 0.2) is 71.3 Å². The molecule has 0 bridgehead atoms. The Labute approximate surface area is 171 Å². The molecule has 144 valence electrons. The maximum absolute atomic E-state index is 6.31. The average molecular weight is 393 g/mol. The molecule has 1 aliphatic rings. The zero-order valence-electron chi connectivity index (χ0n) is 16.1. The maximum Gasteiger partial charge on any atom is 0.170 e. The summed E-state index contributed by atoms with van der Waals surface area (Å²) in [5, 5.41) is 4.19. The molecular formula is C22H24N4OS. The molecule has 28 heavy (non-hydrogen) atoms. The first kappa shape index (κ1) is 18.7. The van der Waals surface area contributed by atoms with E-state index in [1.165, 1.54) is 0 Å². The molecule has 0 spiro atoms. The molecule has 1 N–H and O–H groups in total. The van der Waals surface area contributed by atoms with Gasteiger partial charge in [0.25, 0.3) is 0 Å². The molecule has 0 unspecified atom stereocenters. The van der Waals surface area contributed by atoms with Crippen molar-refractivity contribution in [3.8, 4) is 11.3 Å². The minimum absolute atomic E-state index is 0.0418. The number of nitrogens with one attached hydrogen (secondary N) is 1. The normalized spacial score (nSPS) is 19.2. The van der Waals surface area contributed by atoms with Crippen LogP contribution >= 0.6 is 12.2 Å². The van der Waals surface area contributed by atoms with Crippen molar-refractivity contribution in [2.45, 2.75) is 12.1 Å². The number of thiocarbonyl (C=S) groups is 1. The fraction of sp³-hybridized carbons (Fsp3) is 0.273. The highest BCUT2D eigenvalue weighted by Crippen LogP contribution is 2.40. The molecule has 3 heterocycles. The average Bonchev–Trinajstić information content (AvgIpc) is 3.32. The van der Waals surface area contributed by atoms with Gasteiger partial charge in [0.05, 0.1) is 11.7 Å². The Morgan fingerprint density at radius 3 is 2.57 bits per heavy atom. The molecule has 4 rings (SSSR count). The second-order valence-electron chi connectivity index (χ2n) is 7.19. The first-order chi connectivity index (χ1) is 13.6. The summed E-state index contributed by atoms with van der Waals surface area (Å²) in [5.41, 5.74) is 2.02. The minimum atomic E-state index is -0.0503. The van der Waals surface area contributed by atoms with Crippen molar-refractivity contribution >= 4 is 17.3 Å². The van der Waals surface area contributed by atoms with Gasteiger partial charge in [-0.15, -0.1) is 0 Å². The molecule has 2 aromatic heterocycles. The lowest BCUT2D eigenvalue weighted by Crippen LogP contribution is -2.35. The predicted molar refractivity (Wildman–Crippen MR) is 115 cm³/mol. The van der Waals surface area contributed by atoms with Crippen LogP contribution in [0.2, 0.25) is 0 Å². The fourth-order valence-electron chi connectivity index (χ4n) is 3.53. The van der Waals surface area contributed by atoms with E-state index in [1.807, 2.05) is 48.7 Å². The molecule has 5 nitrogen and oxygen atoms in total. The number of pyridine rings is 1. The summed E-state index contributed by atoms with van der Waals surface area (Å²) in [6.07, 6.45) is 1.82. The minimum Gasteiger partial charge on any atom is -0.459 e. The van der Waals surface area contributed by atoms with Crippen molar-refractivity contribution in [3.05, 3.63) is 78.3 Å². The van der Waals surface area contributed by atoms with Crippen molar-refractivity contribution in [1.29, 1.82) is 0 Å². The van der Waals surface area contributed by atoms with E-state index in [0.29, 0.717) is 0 Å². The van der Waals surface area contributed by atoms with E-state index in [4.69, 9.17) is 16.6 Å². The van der Waals surface area contributed by atoms with Gasteiger partial charge in [-0.3, -0.25) is 4.98 Å². The summed E-state index contributed by atoms with van der Waals surface area (Å²) >= 11 is 5.67. The zero-order chi connectivity index (χ0) is 19.5. The lowest BCUT2D eigenvalue weighted by molar-refractivity contribution is 0.250. The maximum atomic E-state index is 6.31. The van der Waals surface area contributed by atoms with Crippen molar-refractivity contribution in [2.24, 2.45) is 0 Å². The molecule has 1 saturated heterocycles. The van der Waals surface area contributed by atoms with Crippen LogP contribution in [0.5, 0.6) is 0 Å². The Balaban J connectivity index is 1.70. The van der Waals surface area contributed by atoms with Crippen LogP contribution < -0.4 is 5.32 Å². The topological polar surface area (TPSA) is 44.5 Å². The standard InChI is InChI=1S/C22H24N4OS/c1-25(2)14-15-26-21(20(24-22(26)28)17-10-6-7-13-23-17)19-12-11-18(27-19)16-8-4-3-5-9-16/h3-13,20-21H,14-15H2,1-2H3,(H,24,28)/t20-,21+/m1/s1. The van der Waals surface area contributed by atoms with E-state index in [0.717, 1.165) is 41.0 Å². The lowest BCUT2D eigenvalue weighted by atomic mass is 10.0. The molecule has 0 radical (unpaired) electrons. The number of likely N-dealkylation sites (N-methyl/N-ethyl adjacent to an activating group) is 1. The largest absolute Gasteiger partial charge is 0.459 e. The highest BCUT2D eigenvalue weighted by Gasteiger charge is 2.41. The number of hydrogen-bond donors (Lipinski definition) is 1. The van der Waals surface area contributed by atoms with E-state index >= 15 is 0 Å². The van der Waals surface area contributed by atoms with Gasteiger partial charge >= 0.3 is 0 Å². The monoisotopic (exact) mass is 392 g/mol. The van der Waals surface area contributed by atoms with Gasteiger partial charge in [-0.2, -0.15) is 0 Å². The number of nitrogens with zero attached hydrogens (tertiary/aromatic N) is 3. The summed E-state index contributed by atoms with van der Waals surface area (Å²) in [6, 6.07) is 20.1. The summed E-state index contributed by atoms with van der Waals surface area (Å²) in [7, 11) is 4.14. The second kappa shape index (κ2) is 8.12. The Hall–Kier alpha value is -2.70. The second-order valence-corrected chi connectivity index (χ2v) is 7.58. The first-order valence-corrected chi connectivity index (χ1v) is 9.82. The summed E-state index contributed by atoms with van der Waals surface area (Å²) in [5.74, 6) is 1.75. The van der Waals surface area contributed by atoms with Gasteiger partial charge in [-0.25, -0.2) is 0 Å². The molecule has 1 aromatic carbocycles. The quantitative estimate of drug-likeness (QED) is 0.643. The van der Waals surface area contributed by atoms with Gasteiger partial charge in [0.15, 0.2) is 5.11 Å². The Morgan fingerprint density at radius 1 is 1.07 bits per heavy atom. The molecule has 0 amide bonds. The predicted octanol–water partition coefficient (Wildman–Crippen LogP) is 3.88. The number of aromatic nitrogens is 1.